The van der Waals surface area contributed by atoms with Crippen LogP contribution in [0.2, 0.25) is 0 Å². The number of aromatic hydroxyl groups is 1. The van der Waals surface area contributed by atoms with E-state index in [1.54, 1.807) is 0 Å². The van der Waals surface area contributed by atoms with Gasteiger partial charge in [-0.1, -0.05) is 12.2 Å². The number of hydrogen-bond donors (Lipinski definition) is 10. The molecule has 3 aliphatic rings. The number of hydrogen-bond acceptors (Lipinski definition) is 16. The number of amides is 1. The van der Waals surface area contributed by atoms with Gasteiger partial charge in [0.2, 0.25) is 0 Å². The second-order valence-corrected chi connectivity index (χ2v) is 17.1. The van der Waals surface area contributed by atoms with Crippen molar-refractivity contribution in [3.05, 3.63) is 115 Å². The van der Waals surface area contributed by atoms with Crippen molar-refractivity contribution in [2.75, 3.05) is 13.2 Å². The van der Waals surface area contributed by atoms with E-state index >= 15 is 0 Å². The zero-order valence-electron chi connectivity index (χ0n) is 29.8. The third kappa shape index (κ3) is 9.95. The van der Waals surface area contributed by atoms with Crippen LogP contribution in [0.5, 0.6) is 5.75 Å². The van der Waals surface area contributed by atoms with Crippen molar-refractivity contribution in [1.29, 1.82) is 0 Å². The molecule has 1 aromatic heterocycles. The zero-order chi connectivity index (χ0) is 43.9. The van der Waals surface area contributed by atoms with E-state index in [4.69, 9.17) is 18.9 Å². The molecule has 0 bridgehead atoms. The number of aromatic nitrogens is 2. The van der Waals surface area contributed by atoms with Crippen LogP contribution in [0.15, 0.2) is 85.7 Å². The minimum Gasteiger partial charge on any atom is -0.508 e. The number of phenols is 1. The van der Waals surface area contributed by atoms with Gasteiger partial charge in [-0.25, -0.2) is 23.3 Å². The molecule has 24 nitrogen and oxygen atoms in total. The summed E-state index contributed by atoms with van der Waals surface area (Å²) in [7, 11) is -17.2. The molecule has 2 aromatic carbocycles. The molecule has 3 heterocycles. The number of nitrogens with one attached hydrogen (secondary N) is 2. The highest BCUT2D eigenvalue weighted by Gasteiger charge is 2.47. The molecule has 60 heavy (non-hydrogen) atoms. The number of aliphatic hydroxyl groups is 2. The summed E-state index contributed by atoms with van der Waals surface area (Å²) >= 11 is 0. The number of phosphoric acid groups is 3. The van der Waals surface area contributed by atoms with Crippen LogP contribution in [-0.4, -0.2) is 92.9 Å². The second kappa shape index (κ2) is 16.9. The van der Waals surface area contributed by atoms with Crippen LogP contribution in [0.3, 0.4) is 0 Å². The maximum absolute atomic E-state index is 13.3. The Hall–Kier alpha value is -5.42. The van der Waals surface area contributed by atoms with Gasteiger partial charge in [-0.2, -0.15) is 8.62 Å². The highest BCUT2D eigenvalue weighted by molar-refractivity contribution is 7.66. The minimum absolute atomic E-state index is 0.00969. The number of rotatable bonds is 14. The van der Waals surface area contributed by atoms with E-state index in [2.05, 4.69) is 18.5 Å². The normalized spacial score (nSPS) is 20.3. The zero-order valence-corrected chi connectivity index (χ0v) is 32.5. The number of phenolic OH excluding ortho intramolecular Hbond substituents is 1. The van der Waals surface area contributed by atoms with E-state index < -0.39 is 83.2 Å². The molecule has 2 unspecified atom stereocenters. The van der Waals surface area contributed by atoms with Gasteiger partial charge in [-0.05, 0) is 48.0 Å². The maximum atomic E-state index is 13.3. The summed E-state index contributed by atoms with van der Waals surface area (Å²) in [5.74, 6) is -2.12. The lowest BCUT2D eigenvalue weighted by Gasteiger charge is -2.19. The third-order valence-corrected chi connectivity index (χ3v) is 12.4. The summed E-state index contributed by atoms with van der Waals surface area (Å²) < 4.78 is 57.9. The number of aliphatic hydroxyl groups excluding tert-OH is 2. The summed E-state index contributed by atoms with van der Waals surface area (Å²) in [6, 6.07) is 11.8. The van der Waals surface area contributed by atoms with Crippen LogP contribution in [0, 0.1) is 0 Å². The molecule has 1 saturated heterocycles. The van der Waals surface area contributed by atoms with Crippen LogP contribution >= 0.6 is 23.5 Å². The molecule has 0 radical (unpaired) electrons. The van der Waals surface area contributed by atoms with Crippen LogP contribution < -0.4 is 22.0 Å². The summed E-state index contributed by atoms with van der Waals surface area (Å²) in [4.78, 5) is 101. The average molecular weight is 898 g/mol. The number of phosphoric ester groups is 1. The molecular weight excluding hydrogens is 867 g/mol. The van der Waals surface area contributed by atoms with E-state index in [9.17, 15) is 67.9 Å². The molecule has 6 atom stereocenters. The first-order valence-electron chi connectivity index (χ1n) is 16.7. The lowest BCUT2D eigenvalue weighted by Crippen LogP contribution is -2.38. The van der Waals surface area contributed by atoms with Gasteiger partial charge in [0.15, 0.2) is 11.7 Å². The highest BCUT2D eigenvalue weighted by Crippen LogP contribution is 2.66. The van der Waals surface area contributed by atoms with Gasteiger partial charge in [-0.3, -0.25) is 28.5 Å². The molecule has 6 rings (SSSR count). The first kappa shape index (κ1) is 44.1. The highest BCUT2D eigenvalue weighted by atomic mass is 31.3. The van der Waals surface area contributed by atoms with Gasteiger partial charge in [0.25, 0.3) is 11.5 Å². The fourth-order valence-corrected chi connectivity index (χ4v) is 9.07. The number of carbonyl (C=O) groups is 2. The third-order valence-electron chi connectivity index (χ3n) is 8.56. The van der Waals surface area contributed by atoms with Gasteiger partial charge in [0.1, 0.15) is 35.4 Å². The molecule has 27 heteroatoms. The average Bonchev–Trinajstić information content (AvgIpc) is 3.42. The molecule has 1 aliphatic carbocycles. The number of aromatic amines is 1. The fourth-order valence-electron chi connectivity index (χ4n) is 6.04. The first-order valence-corrected chi connectivity index (χ1v) is 21.2. The number of carboxylic acids is 1. The molecule has 1 fully saturated rings. The second-order valence-electron chi connectivity index (χ2n) is 12.7. The van der Waals surface area contributed by atoms with E-state index in [0.29, 0.717) is 21.1 Å². The summed E-state index contributed by atoms with van der Waals surface area (Å²) in [6.45, 7) is -1.43. The molecule has 1 amide bonds. The van der Waals surface area contributed by atoms with E-state index in [-0.39, 0.29) is 45.9 Å². The summed E-state index contributed by atoms with van der Waals surface area (Å²) in [5.41, 5.74) is -2.14. The minimum atomic E-state index is -5.87. The SMILES string of the molecule is O=C(NC/C=C/c1cn([C@@H]2O[C@H](COP(=O)(O)OP(=O)(O)OP(=O)(O)O)[C@@H](O)[C@H]2O)c(=O)[nH]c1=O)c1ccc(C(=O)O)c(-c2c3ccc(=O)cc-3oc3cc(O)ccc23)c1. The smallest absolute Gasteiger partial charge is 0.490 e. The Labute approximate surface area is 332 Å². The fraction of sp³-hybridized carbons (Fsp3) is 0.182. The molecular formula is C33H30N3O21P3. The number of carboxylic acid groups (broad SMARTS) is 1. The Balaban J connectivity index is 1.18. The van der Waals surface area contributed by atoms with E-state index in [1.807, 2.05) is 4.98 Å². The summed E-state index contributed by atoms with van der Waals surface area (Å²) in [5, 5.41) is 44.1. The van der Waals surface area contributed by atoms with Crippen molar-refractivity contribution in [3.63, 3.8) is 0 Å². The van der Waals surface area contributed by atoms with Crippen molar-refractivity contribution in [1.82, 2.24) is 14.9 Å². The molecule has 318 valence electrons. The molecule has 2 aliphatic heterocycles. The van der Waals surface area contributed by atoms with Crippen molar-refractivity contribution in [3.8, 4) is 28.2 Å². The quantitative estimate of drug-likeness (QED) is 0.0553. The van der Waals surface area contributed by atoms with Crippen LogP contribution in [-0.2, 0) is 31.6 Å². The van der Waals surface area contributed by atoms with Gasteiger partial charge >= 0.3 is 35.1 Å². The molecule has 3 aromatic rings. The number of H-pyrrole nitrogens is 1. The summed E-state index contributed by atoms with van der Waals surface area (Å²) in [6.07, 6.45) is -4.12. The monoisotopic (exact) mass is 897 g/mol. The predicted molar refractivity (Wildman–Crippen MR) is 202 cm³/mol. The molecule has 0 spiro atoms. The largest absolute Gasteiger partial charge is 0.508 e. The number of ether oxygens (including phenoxy) is 1. The van der Waals surface area contributed by atoms with E-state index in [1.165, 1.54) is 60.7 Å². The van der Waals surface area contributed by atoms with Gasteiger partial charge < -0.3 is 54.5 Å². The van der Waals surface area contributed by atoms with Gasteiger partial charge in [0.05, 0.1) is 17.7 Å². The Morgan fingerprint density at radius 3 is 2.33 bits per heavy atom. The van der Waals surface area contributed by atoms with Crippen LogP contribution in [0.4, 0.5) is 0 Å². The Bertz CT molecular complexity index is 2850. The van der Waals surface area contributed by atoms with Crippen molar-refractivity contribution < 1.29 is 85.6 Å². The first-order chi connectivity index (χ1) is 28.0. The van der Waals surface area contributed by atoms with Gasteiger partial charge in [-0.15, -0.1) is 0 Å². The Morgan fingerprint density at radius 1 is 0.900 bits per heavy atom. The van der Waals surface area contributed by atoms with Crippen LogP contribution in [0.25, 0.3) is 39.5 Å². The Kier molecular flexibility index (Phi) is 12.4. The van der Waals surface area contributed by atoms with E-state index in [0.717, 1.165) is 12.3 Å². The number of fused-ring (bicyclic) bond motifs is 2. The number of benzene rings is 3. The van der Waals surface area contributed by atoms with Crippen molar-refractivity contribution in [2.24, 2.45) is 0 Å². The predicted octanol–water partition coefficient (Wildman–Crippen LogP) is 1.22. The van der Waals surface area contributed by atoms with Crippen LogP contribution in [0.1, 0.15) is 32.5 Å². The number of carbonyl (C=O) groups excluding carboxylic acids is 1. The number of aromatic carboxylic acids is 1. The van der Waals surface area contributed by atoms with Gasteiger partial charge in [0, 0.05) is 47.0 Å². The molecule has 0 saturated carbocycles. The number of nitrogens with zero attached hydrogens (tertiary/aromatic N) is 1. The van der Waals surface area contributed by atoms with Crippen molar-refractivity contribution in [2.45, 2.75) is 24.5 Å². The standard InChI is InChI=1S/C33H30N3O21P3/c37-17-4-7-20-23(11-17)54-24-12-18(38)5-8-21(24)26(20)22-10-15(3-6-19(22)32(43)44)29(41)34-9-1-2-16-13-36(33(45)35-30(16)42)31-28(40)27(39)25(55-31)14-53-59(49,50)57-60(51,52)56-58(46,47)48/h1-8,10-13,25,27-28,31,37,39-40H,9,14H2,(H,34,41)(H,43,44)(H,49,50)(H,51,52)(H,35,42,45)(H2,46,47,48)/b2-1+/t25-,27-,28-,31-/m1/s1. The Morgan fingerprint density at radius 2 is 1.63 bits per heavy atom. The van der Waals surface area contributed by atoms with Crippen molar-refractivity contribution >= 4 is 52.4 Å². The topological polar surface area (TPSA) is 381 Å². The lowest BCUT2D eigenvalue weighted by atomic mass is 9.89. The molecule has 10 N–H and O–H groups in total. The maximum Gasteiger partial charge on any atom is 0.490 e. The lowest BCUT2D eigenvalue weighted by molar-refractivity contribution is -0.0542.